The number of carbonyl (C=O) groups is 2. The van der Waals surface area contributed by atoms with Crippen LogP contribution in [-0.4, -0.2) is 21.7 Å². The van der Waals surface area contributed by atoms with Gasteiger partial charge in [-0.05, 0) is 61.4 Å². The van der Waals surface area contributed by atoms with Crippen molar-refractivity contribution in [3.05, 3.63) is 95.4 Å². The van der Waals surface area contributed by atoms with E-state index in [2.05, 4.69) is 12.2 Å². The van der Waals surface area contributed by atoms with Crippen molar-refractivity contribution in [2.24, 2.45) is 0 Å². The lowest BCUT2D eigenvalue weighted by Gasteiger charge is -2.11. The van der Waals surface area contributed by atoms with Crippen molar-refractivity contribution >= 4 is 17.6 Å². The van der Waals surface area contributed by atoms with Crippen LogP contribution in [0.15, 0.2) is 72.8 Å². The second kappa shape index (κ2) is 10.3. The summed E-state index contributed by atoms with van der Waals surface area (Å²) in [4.78, 5) is 24.5. The molecule has 7 heteroatoms. The number of hydrogen-bond acceptors (Lipinski definition) is 4. The molecular weight excluding hydrogens is 445 g/mol. The molecule has 0 unspecified atom stereocenters. The van der Waals surface area contributed by atoms with E-state index in [1.807, 2.05) is 43.3 Å². The molecule has 35 heavy (non-hydrogen) atoms. The Morgan fingerprint density at radius 2 is 1.74 bits per heavy atom. The summed E-state index contributed by atoms with van der Waals surface area (Å²) in [7, 11) is 0. The van der Waals surface area contributed by atoms with Gasteiger partial charge in [0.25, 0.3) is 5.91 Å². The van der Waals surface area contributed by atoms with Gasteiger partial charge in [-0.2, -0.15) is 9.78 Å². The van der Waals surface area contributed by atoms with E-state index in [4.69, 9.17) is 9.84 Å². The number of esters is 1. The second-order valence-electron chi connectivity index (χ2n) is 8.26. The molecular formula is C28H26FN3O3. The Hall–Kier alpha value is -4.26. The number of carbonyl (C=O) groups excluding carboxylic acids is 2. The largest absolute Gasteiger partial charge is 0.407 e. The molecule has 0 aliphatic rings. The fourth-order valence-corrected chi connectivity index (χ4v) is 3.79. The molecule has 0 saturated heterocycles. The van der Waals surface area contributed by atoms with Crippen molar-refractivity contribution in [2.45, 2.75) is 33.6 Å². The fraction of sp³-hybridized carbons (Fsp3) is 0.179. The lowest BCUT2D eigenvalue weighted by atomic mass is 10.0. The minimum absolute atomic E-state index is 0.232. The maximum absolute atomic E-state index is 13.5. The molecule has 0 aliphatic heterocycles. The molecule has 1 amide bonds. The Labute approximate surface area is 203 Å². The second-order valence-corrected chi connectivity index (χ2v) is 8.26. The van der Waals surface area contributed by atoms with Crippen LogP contribution >= 0.6 is 0 Å². The highest BCUT2D eigenvalue weighted by molar-refractivity contribution is 6.04. The van der Waals surface area contributed by atoms with Gasteiger partial charge in [0.15, 0.2) is 0 Å². The first-order valence-electron chi connectivity index (χ1n) is 11.4. The highest BCUT2D eigenvalue weighted by Gasteiger charge is 2.23. The topological polar surface area (TPSA) is 73.2 Å². The van der Waals surface area contributed by atoms with Crippen LogP contribution in [0.4, 0.5) is 10.1 Å². The number of nitrogens with zero attached hydrogens (tertiary/aromatic N) is 2. The molecule has 6 nitrogen and oxygen atoms in total. The SMILES string of the molecule is CCCc1nn(-c2ccc(C)cc2)c(OC(C)=O)c1-c1ccc(NC(=O)c2cccc(F)c2)cc1. The lowest BCUT2D eigenvalue weighted by Crippen LogP contribution is -2.11. The molecule has 4 rings (SSSR count). The fourth-order valence-electron chi connectivity index (χ4n) is 3.79. The van der Waals surface area contributed by atoms with E-state index in [1.165, 1.54) is 25.1 Å². The van der Waals surface area contributed by atoms with Gasteiger partial charge in [0, 0.05) is 18.2 Å². The Balaban J connectivity index is 1.71. The molecule has 4 aromatic rings. The molecule has 0 fully saturated rings. The summed E-state index contributed by atoms with van der Waals surface area (Å²) in [6, 6.07) is 20.5. The van der Waals surface area contributed by atoms with Crippen LogP contribution in [0.2, 0.25) is 0 Å². The van der Waals surface area contributed by atoms with Crippen LogP contribution < -0.4 is 10.1 Å². The van der Waals surface area contributed by atoms with Crippen molar-refractivity contribution in [1.82, 2.24) is 9.78 Å². The van der Waals surface area contributed by atoms with Gasteiger partial charge in [0.1, 0.15) is 5.82 Å². The van der Waals surface area contributed by atoms with Crippen LogP contribution in [0.5, 0.6) is 5.88 Å². The number of aromatic nitrogens is 2. The third kappa shape index (κ3) is 5.46. The molecule has 1 heterocycles. The molecule has 0 atom stereocenters. The highest BCUT2D eigenvalue weighted by atomic mass is 19.1. The van der Waals surface area contributed by atoms with E-state index < -0.39 is 17.7 Å². The van der Waals surface area contributed by atoms with Gasteiger partial charge >= 0.3 is 5.97 Å². The van der Waals surface area contributed by atoms with E-state index in [-0.39, 0.29) is 5.56 Å². The Morgan fingerprint density at radius 3 is 2.37 bits per heavy atom. The molecule has 178 valence electrons. The zero-order chi connectivity index (χ0) is 24.9. The van der Waals surface area contributed by atoms with E-state index >= 15 is 0 Å². The summed E-state index contributed by atoms with van der Waals surface area (Å²) in [5.41, 5.74) is 5.02. The van der Waals surface area contributed by atoms with Crippen molar-refractivity contribution < 1.29 is 18.7 Å². The van der Waals surface area contributed by atoms with Crippen molar-refractivity contribution in [3.63, 3.8) is 0 Å². The van der Waals surface area contributed by atoms with Crippen molar-refractivity contribution in [2.75, 3.05) is 5.32 Å². The number of nitrogens with one attached hydrogen (secondary N) is 1. The van der Waals surface area contributed by atoms with Crippen LogP contribution in [-0.2, 0) is 11.2 Å². The number of aryl methyl sites for hydroxylation is 2. The summed E-state index contributed by atoms with van der Waals surface area (Å²) in [5, 5.41) is 7.56. The first-order valence-corrected chi connectivity index (χ1v) is 11.4. The van der Waals surface area contributed by atoms with E-state index in [1.54, 1.807) is 22.9 Å². The third-order valence-electron chi connectivity index (χ3n) is 5.44. The molecule has 0 spiro atoms. The number of benzene rings is 3. The average Bonchev–Trinajstić information content (AvgIpc) is 3.17. The summed E-state index contributed by atoms with van der Waals surface area (Å²) in [6.07, 6.45) is 1.56. The number of anilines is 1. The van der Waals surface area contributed by atoms with E-state index in [0.717, 1.165) is 34.5 Å². The minimum atomic E-state index is -0.472. The van der Waals surface area contributed by atoms with Crippen LogP contribution in [0.1, 0.15) is 41.9 Å². The van der Waals surface area contributed by atoms with E-state index in [9.17, 15) is 14.0 Å². The smallest absolute Gasteiger partial charge is 0.309 e. The van der Waals surface area contributed by atoms with Gasteiger partial charge in [0.05, 0.1) is 16.9 Å². The Bertz CT molecular complexity index is 1360. The molecule has 3 aromatic carbocycles. The molecule has 1 N–H and O–H groups in total. The number of rotatable bonds is 7. The average molecular weight is 472 g/mol. The first-order chi connectivity index (χ1) is 16.9. The lowest BCUT2D eigenvalue weighted by molar-refractivity contribution is -0.132. The van der Waals surface area contributed by atoms with Crippen LogP contribution in [0.3, 0.4) is 0 Å². The van der Waals surface area contributed by atoms with Gasteiger partial charge in [-0.1, -0.05) is 49.2 Å². The standard InChI is InChI=1S/C28H26FN3O3/c1-4-6-25-26(28(35-19(3)33)32(31-25)24-15-9-18(2)10-16-24)20-11-13-23(14-12-20)30-27(34)21-7-5-8-22(29)17-21/h5,7-17H,4,6H2,1-3H3,(H,30,34). The summed E-state index contributed by atoms with van der Waals surface area (Å²) < 4.78 is 20.8. The zero-order valence-electron chi connectivity index (χ0n) is 19.8. The molecule has 0 saturated carbocycles. The molecule has 0 aliphatic carbocycles. The first kappa shape index (κ1) is 23.9. The van der Waals surface area contributed by atoms with E-state index in [0.29, 0.717) is 18.0 Å². The Kier molecular flexibility index (Phi) is 7.06. The normalized spacial score (nSPS) is 10.7. The quantitative estimate of drug-likeness (QED) is 0.330. The highest BCUT2D eigenvalue weighted by Crippen LogP contribution is 2.37. The maximum atomic E-state index is 13.5. The Morgan fingerprint density at radius 1 is 1.03 bits per heavy atom. The monoisotopic (exact) mass is 471 g/mol. The number of halogens is 1. The van der Waals surface area contributed by atoms with Gasteiger partial charge in [-0.3, -0.25) is 9.59 Å². The summed E-state index contributed by atoms with van der Waals surface area (Å²) in [5.74, 6) is -0.973. The van der Waals surface area contributed by atoms with Gasteiger partial charge in [0.2, 0.25) is 5.88 Å². The van der Waals surface area contributed by atoms with Gasteiger partial charge < -0.3 is 10.1 Å². The predicted molar refractivity (Wildman–Crippen MR) is 133 cm³/mol. The number of hydrogen-bond donors (Lipinski definition) is 1. The van der Waals surface area contributed by atoms with Crippen molar-refractivity contribution in [3.8, 4) is 22.7 Å². The van der Waals surface area contributed by atoms with Crippen LogP contribution in [0.25, 0.3) is 16.8 Å². The summed E-state index contributed by atoms with van der Waals surface area (Å²) >= 11 is 0. The maximum Gasteiger partial charge on any atom is 0.309 e. The third-order valence-corrected chi connectivity index (χ3v) is 5.44. The summed E-state index contributed by atoms with van der Waals surface area (Å²) in [6.45, 7) is 5.43. The number of ether oxygens (including phenoxy) is 1. The minimum Gasteiger partial charge on any atom is -0.407 e. The molecule has 0 radical (unpaired) electrons. The predicted octanol–water partition coefficient (Wildman–Crippen LogP) is 6.12. The van der Waals surface area contributed by atoms with Crippen LogP contribution in [0, 0.1) is 12.7 Å². The van der Waals surface area contributed by atoms with Gasteiger partial charge in [-0.25, -0.2) is 4.39 Å². The number of amides is 1. The molecule has 1 aromatic heterocycles. The zero-order valence-corrected chi connectivity index (χ0v) is 19.8. The van der Waals surface area contributed by atoms with Gasteiger partial charge in [-0.15, -0.1) is 0 Å². The van der Waals surface area contributed by atoms with Crippen molar-refractivity contribution in [1.29, 1.82) is 0 Å². The molecule has 0 bridgehead atoms.